The molecule has 1 aromatic carbocycles. The highest BCUT2D eigenvalue weighted by Crippen LogP contribution is 2.19. The summed E-state index contributed by atoms with van der Waals surface area (Å²) in [6, 6.07) is 13.3. The molecule has 134 valence electrons. The topological polar surface area (TPSA) is 84.2 Å². The van der Waals surface area contributed by atoms with E-state index in [9.17, 15) is 13.2 Å². The number of nitrogens with two attached hydrogens (primary N) is 1. The standard InChI is InChI=1S/C18H22N2O4S/c1-20(15-9-11-25(22,23)13-15)17(21)12-19-18(16-8-5-10-24-16)14-6-3-2-4-7-14/h2-8,10,15,18-19H,9,11-13H2,1H3/p+1/t15-,18-/m0/s1. The molecule has 2 aromatic rings. The van der Waals surface area contributed by atoms with Gasteiger partial charge in [0.05, 0.1) is 17.8 Å². The Morgan fingerprint density at radius 1 is 1.28 bits per heavy atom. The second-order valence-corrected chi connectivity index (χ2v) is 8.63. The first-order chi connectivity index (χ1) is 12.0. The van der Waals surface area contributed by atoms with E-state index in [4.69, 9.17) is 4.42 Å². The van der Waals surface area contributed by atoms with E-state index in [1.54, 1.807) is 18.2 Å². The van der Waals surface area contributed by atoms with E-state index < -0.39 is 9.84 Å². The molecule has 1 aromatic heterocycles. The number of furan rings is 1. The first kappa shape index (κ1) is 17.7. The van der Waals surface area contributed by atoms with Crippen LogP contribution >= 0.6 is 0 Å². The zero-order valence-electron chi connectivity index (χ0n) is 14.2. The summed E-state index contributed by atoms with van der Waals surface area (Å²) < 4.78 is 28.8. The number of benzene rings is 1. The maximum Gasteiger partial charge on any atom is 0.277 e. The maximum absolute atomic E-state index is 12.5. The summed E-state index contributed by atoms with van der Waals surface area (Å²) in [6.07, 6.45) is 2.14. The summed E-state index contributed by atoms with van der Waals surface area (Å²) in [5, 5.41) is 1.93. The number of hydrogen-bond acceptors (Lipinski definition) is 4. The molecule has 2 N–H and O–H groups in total. The fourth-order valence-corrected chi connectivity index (χ4v) is 4.97. The van der Waals surface area contributed by atoms with Crippen molar-refractivity contribution in [1.29, 1.82) is 0 Å². The zero-order valence-corrected chi connectivity index (χ0v) is 15.0. The first-order valence-electron chi connectivity index (χ1n) is 8.34. The minimum atomic E-state index is -3.00. The third kappa shape index (κ3) is 4.29. The smallest absolute Gasteiger partial charge is 0.277 e. The van der Waals surface area contributed by atoms with Gasteiger partial charge in [0.25, 0.3) is 5.91 Å². The van der Waals surface area contributed by atoms with E-state index >= 15 is 0 Å². The molecule has 3 rings (SSSR count). The Labute approximate surface area is 147 Å². The molecule has 1 amide bonds. The lowest BCUT2D eigenvalue weighted by atomic mass is 10.0. The van der Waals surface area contributed by atoms with Gasteiger partial charge in [-0.3, -0.25) is 4.79 Å². The Morgan fingerprint density at radius 2 is 2.04 bits per heavy atom. The van der Waals surface area contributed by atoms with Crippen LogP contribution < -0.4 is 5.32 Å². The second-order valence-electron chi connectivity index (χ2n) is 6.41. The van der Waals surface area contributed by atoms with Gasteiger partial charge >= 0.3 is 0 Å². The van der Waals surface area contributed by atoms with Gasteiger partial charge in [0.2, 0.25) is 0 Å². The third-order valence-electron chi connectivity index (χ3n) is 4.69. The zero-order chi connectivity index (χ0) is 17.9. The van der Waals surface area contributed by atoms with Crippen LogP contribution in [-0.4, -0.2) is 50.4 Å². The highest BCUT2D eigenvalue weighted by molar-refractivity contribution is 7.91. The van der Waals surface area contributed by atoms with Crippen LogP contribution in [0.5, 0.6) is 0 Å². The first-order valence-corrected chi connectivity index (χ1v) is 10.2. The largest absolute Gasteiger partial charge is 0.463 e. The number of sulfone groups is 1. The molecule has 1 saturated heterocycles. The number of nitrogens with zero attached hydrogens (tertiary/aromatic N) is 1. The minimum absolute atomic E-state index is 0.0650. The molecule has 0 saturated carbocycles. The van der Waals surface area contributed by atoms with Crippen molar-refractivity contribution >= 4 is 15.7 Å². The van der Waals surface area contributed by atoms with Crippen molar-refractivity contribution in [3.63, 3.8) is 0 Å². The molecule has 7 heteroatoms. The monoisotopic (exact) mass is 363 g/mol. The average Bonchev–Trinajstić information content (AvgIpc) is 3.25. The predicted octanol–water partition coefficient (Wildman–Crippen LogP) is 0.578. The van der Waals surface area contributed by atoms with Gasteiger partial charge in [-0.25, -0.2) is 8.42 Å². The number of likely N-dealkylation sites (N-methyl/N-ethyl adjacent to an activating group) is 1. The Kier molecular flexibility index (Phi) is 5.24. The van der Waals surface area contributed by atoms with Crippen molar-refractivity contribution in [2.24, 2.45) is 0 Å². The number of amides is 1. The summed E-state index contributed by atoms with van der Waals surface area (Å²) in [6.45, 7) is 0.229. The molecular weight excluding hydrogens is 340 g/mol. The molecular formula is C18H23N2O4S+. The fourth-order valence-electron chi connectivity index (χ4n) is 3.19. The summed E-state index contributed by atoms with van der Waals surface area (Å²) in [7, 11) is -1.32. The van der Waals surface area contributed by atoms with E-state index in [1.165, 1.54) is 0 Å². The lowest BCUT2D eigenvalue weighted by Gasteiger charge is -2.23. The van der Waals surface area contributed by atoms with Crippen LogP contribution in [-0.2, 0) is 14.6 Å². The van der Waals surface area contributed by atoms with Gasteiger partial charge in [0, 0.05) is 18.7 Å². The van der Waals surface area contributed by atoms with Gasteiger partial charge in [0.1, 0.15) is 0 Å². The van der Waals surface area contributed by atoms with Crippen molar-refractivity contribution in [1.82, 2.24) is 4.90 Å². The van der Waals surface area contributed by atoms with Crippen LogP contribution in [0.3, 0.4) is 0 Å². The number of hydrogen-bond donors (Lipinski definition) is 1. The Hall–Kier alpha value is -2.12. The summed E-state index contributed by atoms with van der Waals surface area (Å²) in [4.78, 5) is 14.1. The predicted molar refractivity (Wildman–Crippen MR) is 93.6 cm³/mol. The van der Waals surface area contributed by atoms with Crippen LogP contribution in [0.1, 0.15) is 23.8 Å². The lowest BCUT2D eigenvalue weighted by Crippen LogP contribution is -2.87. The Morgan fingerprint density at radius 3 is 2.64 bits per heavy atom. The van der Waals surface area contributed by atoms with E-state index in [0.29, 0.717) is 6.42 Å². The molecule has 0 aliphatic carbocycles. The normalized spacial score (nSPS) is 20.3. The Bertz CT molecular complexity index is 803. The molecule has 1 aliphatic heterocycles. The minimum Gasteiger partial charge on any atom is -0.463 e. The molecule has 1 fully saturated rings. The van der Waals surface area contributed by atoms with E-state index in [-0.39, 0.29) is 36.0 Å². The lowest BCUT2D eigenvalue weighted by molar-refractivity contribution is -0.679. The fraction of sp³-hybridized carbons (Fsp3) is 0.389. The number of carbonyl (C=O) groups excluding carboxylic acids is 1. The second kappa shape index (κ2) is 7.41. The molecule has 0 radical (unpaired) electrons. The molecule has 2 atom stereocenters. The van der Waals surface area contributed by atoms with E-state index in [1.807, 2.05) is 47.8 Å². The van der Waals surface area contributed by atoms with Gasteiger partial charge in [-0.15, -0.1) is 0 Å². The van der Waals surface area contributed by atoms with Crippen LogP contribution in [0.2, 0.25) is 0 Å². The number of carbonyl (C=O) groups is 1. The van der Waals surface area contributed by atoms with Crippen molar-refractivity contribution in [2.75, 3.05) is 25.1 Å². The Balaban J connectivity index is 1.66. The molecule has 6 nitrogen and oxygen atoms in total. The summed E-state index contributed by atoms with van der Waals surface area (Å²) >= 11 is 0. The SMILES string of the molecule is CN(C(=O)C[NH2+][C@@H](c1ccccc1)c1ccco1)[C@H]1CCS(=O)(=O)C1. The molecule has 25 heavy (non-hydrogen) atoms. The van der Waals surface area contributed by atoms with Gasteiger partial charge < -0.3 is 14.6 Å². The van der Waals surface area contributed by atoms with Gasteiger partial charge in [-0.2, -0.15) is 0 Å². The highest BCUT2D eigenvalue weighted by atomic mass is 32.2. The van der Waals surface area contributed by atoms with E-state index in [0.717, 1.165) is 11.3 Å². The average molecular weight is 363 g/mol. The van der Waals surface area contributed by atoms with Crippen LogP contribution in [0.15, 0.2) is 53.1 Å². The van der Waals surface area contributed by atoms with E-state index in [2.05, 4.69) is 0 Å². The molecule has 0 bridgehead atoms. The quantitative estimate of drug-likeness (QED) is 0.814. The van der Waals surface area contributed by atoms with Gasteiger partial charge in [-0.1, -0.05) is 30.3 Å². The molecule has 1 aliphatic rings. The summed E-state index contributed by atoms with van der Waals surface area (Å²) in [5.74, 6) is 0.938. The molecule has 0 unspecified atom stereocenters. The van der Waals surface area contributed by atoms with Crippen molar-refractivity contribution < 1.29 is 22.9 Å². The molecule has 2 heterocycles. The number of rotatable bonds is 6. The van der Waals surface area contributed by atoms with Gasteiger partial charge in [0.15, 0.2) is 28.2 Å². The van der Waals surface area contributed by atoms with Crippen molar-refractivity contribution in [2.45, 2.75) is 18.5 Å². The molecule has 0 spiro atoms. The number of quaternary nitrogens is 1. The van der Waals surface area contributed by atoms with Crippen LogP contribution in [0.25, 0.3) is 0 Å². The van der Waals surface area contributed by atoms with Crippen molar-refractivity contribution in [3.05, 3.63) is 60.1 Å². The van der Waals surface area contributed by atoms with Gasteiger partial charge in [-0.05, 0) is 18.6 Å². The maximum atomic E-state index is 12.5. The van der Waals surface area contributed by atoms with Crippen LogP contribution in [0.4, 0.5) is 0 Å². The van der Waals surface area contributed by atoms with Crippen molar-refractivity contribution in [3.8, 4) is 0 Å². The van der Waals surface area contributed by atoms with Crippen LogP contribution in [0, 0.1) is 0 Å². The summed E-state index contributed by atoms with van der Waals surface area (Å²) in [5.41, 5.74) is 1.05. The third-order valence-corrected chi connectivity index (χ3v) is 6.44. The highest BCUT2D eigenvalue weighted by Gasteiger charge is 2.33.